The quantitative estimate of drug-likeness (QED) is 0.399. The van der Waals surface area contributed by atoms with E-state index in [1.54, 1.807) is 0 Å². The molecule has 0 heterocycles. The topological polar surface area (TPSA) is 59.6 Å². The van der Waals surface area contributed by atoms with E-state index in [1.165, 1.54) is 16.7 Å². The molecule has 4 nitrogen and oxygen atoms in total. The molecule has 0 amide bonds. The van der Waals surface area contributed by atoms with Gasteiger partial charge in [-0.05, 0) is 55.2 Å². The highest BCUT2D eigenvalue weighted by molar-refractivity contribution is 14.0. The van der Waals surface area contributed by atoms with Crippen molar-refractivity contribution in [2.45, 2.75) is 33.9 Å². The van der Waals surface area contributed by atoms with Gasteiger partial charge in [-0.2, -0.15) is 0 Å². The van der Waals surface area contributed by atoms with Crippen molar-refractivity contribution in [2.24, 2.45) is 10.7 Å². The van der Waals surface area contributed by atoms with Crippen LogP contribution in [0.2, 0.25) is 0 Å². The molecule has 0 saturated carbocycles. The fourth-order valence-corrected chi connectivity index (χ4v) is 2.14. The van der Waals surface area contributed by atoms with Crippen LogP contribution in [0.15, 0.2) is 47.5 Å². The molecular formula is C19H26IN3O. The van der Waals surface area contributed by atoms with Crippen LogP contribution in [0.4, 0.5) is 5.69 Å². The Morgan fingerprint density at radius 3 is 2.33 bits per heavy atom. The zero-order valence-corrected chi connectivity index (χ0v) is 16.8. The first kappa shape index (κ1) is 20.4. The van der Waals surface area contributed by atoms with Gasteiger partial charge in [-0.15, -0.1) is 24.0 Å². The van der Waals surface area contributed by atoms with Crippen LogP contribution in [0, 0.1) is 13.8 Å². The normalized spacial score (nSPS) is 11.0. The summed E-state index contributed by atoms with van der Waals surface area (Å²) in [5, 5.41) is 3.13. The molecular weight excluding hydrogens is 413 g/mol. The summed E-state index contributed by atoms with van der Waals surface area (Å²) in [6.45, 7) is 8.10. The molecule has 0 fully saturated rings. The molecule has 0 unspecified atom stereocenters. The lowest BCUT2D eigenvalue weighted by molar-refractivity contribution is 0.134. The second-order valence-corrected chi connectivity index (χ2v) is 5.58. The number of hydrogen-bond donors (Lipinski definition) is 2. The molecule has 2 rings (SSSR count). The van der Waals surface area contributed by atoms with Gasteiger partial charge in [0.05, 0.1) is 13.2 Å². The Bertz CT molecular complexity index is 669. The van der Waals surface area contributed by atoms with E-state index >= 15 is 0 Å². The summed E-state index contributed by atoms with van der Waals surface area (Å²) in [6, 6.07) is 14.4. The molecule has 0 aliphatic heterocycles. The first-order chi connectivity index (χ1) is 11.1. The molecule has 0 aliphatic rings. The van der Waals surface area contributed by atoms with Crippen LogP contribution in [0.25, 0.3) is 0 Å². The monoisotopic (exact) mass is 439 g/mol. The van der Waals surface area contributed by atoms with Crippen molar-refractivity contribution >= 4 is 35.6 Å². The second kappa shape index (κ2) is 10.3. The standard InChI is InChI=1S/C19H25N3O.HI/c1-4-23-13-17-8-6-16(7-9-17)12-21-19(20)22-18-10-5-14(2)15(3)11-18;/h5-11H,4,12-13H2,1-3H3,(H3,20,21,22);1H. The van der Waals surface area contributed by atoms with Crippen molar-refractivity contribution in [2.75, 3.05) is 11.9 Å². The molecule has 0 aromatic heterocycles. The maximum Gasteiger partial charge on any atom is 0.193 e. The van der Waals surface area contributed by atoms with Crippen LogP contribution in [0.1, 0.15) is 29.2 Å². The van der Waals surface area contributed by atoms with Crippen LogP contribution < -0.4 is 11.1 Å². The van der Waals surface area contributed by atoms with Crippen molar-refractivity contribution in [3.8, 4) is 0 Å². The number of benzene rings is 2. The van der Waals surface area contributed by atoms with Gasteiger partial charge < -0.3 is 15.8 Å². The van der Waals surface area contributed by atoms with Crippen LogP contribution >= 0.6 is 24.0 Å². The fraction of sp³-hybridized carbons (Fsp3) is 0.316. The lowest BCUT2D eigenvalue weighted by atomic mass is 10.1. The van der Waals surface area contributed by atoms with E-state index in [2.05, 4.69) is 60.6 Å². The molecule has 130 valence electrons. The summed E-state index contributed by atoms with van der Waals surface area (Å²) in [7, 11) is 0. The second-order valence-electron chi connectivity index (χ2n) is 5.58. The van der Waals surface area contributed by atoms with Crippen LogP contribution in [-0.2, 0) is 17.9 Å². The number of aliphatic imine (C=N–C) groups is 1. The summed E-state index contributed by atoms with van der Waals surface area (Å²) in [6.07, 6.45) is 0. The van der Waals surface area contributed by atoms with Gasteiger partial charge in [0, 0.05) is 12.3 Å². The van der Waals surface area contributed by atoms with Gasteiger partial charge in [-0.25, -0.2) is 4.99 Å². The van der Waals surface area contributed by atoms with E-state index in [4.69, 9.17) is 10.5 Å². The number of anilines is 1. The average Bonchev–Trinajstić information content (AvgIpc) is 2.55. The van der Waals surface area contributed by atoms with Crippen molar-refractivity contribution in [1.82, 2.24) is 0 Å². The van der Waals surface area contributed by atoms with E-state index in [9.17, 15) is 0 Å². The van der Waals surface area contributed by atoms with Crippen LogP contribution in [-0.4, -0.2) is 12.6 Å². The van der Waals surface area contributed by atoms with E-state index in [-0.39, 0.29) is 24.0 Å². The molecule has 0 atom stereocenters. The maximum atomic E-state index is 5.96. The smallest absolute Gasteiger partial charge is 0.193 e. The predicted octanol–water partition coefficient (Wildman–Crippen LogP) is 4.38. The number of nitrogens with one attached hydrogen (secondary N) is 1. The summed E-state index contributed by atoms with van der Waals surface area (Å²) < 4.78 is 5.38. The lowest BCUT2D eigenvalue weighted by Gasteiger charge is -2.08. The Hall–Kier alpha value is -1.60. The molecule has 2 aromatic carbocycles. The van der Waals surface area contributed by atoms with E-state index in [0.717, 1.165) is 17.9 Å². The highest BCUT2D eigenvalue weighted by Crippen LogP contribution is 2.14. The Kier molecular flexibility index (Phi) is 8.78. The third-order valence-electron chi connectivity index (χ3n) is 3.71. The third-order valence-corrected chi connectivity index (χ3v) is 3.71. The first-order valence-corrected chi connectivity index (χ1v) is 7.88. The van der Waals surface area contributed by atoms with Crippen molar-refractivity contribution in [3.05, 3.63) is 64.7 Å². The Morgan fingerprint density at radius 1 is 1.04 bits per heavy atom. The van der Waals surface area contributed by atoms with Gasteiger partial charge in [-0.3, -0.25) is 0 Å². The number of nitrogens with two attached hydrogens (primary N) is 1. The van der Waals surface area contributed by atoms with Gasteiger partial charge in [0.15, 0.2) is 5.96 Å². The molecule has 0 spiro atoms. The SMILES string of the molecule is CCOCc1ccc(CN=C(N)Nc2ccc(C)c(C)c2)cc1.I. The lowest BCUT2D eigenvalue weighted by Crippen LogP contribution is -2.22. The molecule has 24 heavy (non-hydrogen) atoms. The number of ether oxygens (including phenoxy) is 1. The van der Waals surface area contributed by atoms with E-state index in [1.807, 2.05) is 13.0 Å². The number of guanidine groups is 1. The minimum absolute atomic E-state index is 0. The fourth-order valence-electron chi connectivity index (χ4n) is 2.14. The van der Waals surface area contributed by atoms with Gasteiger partial charge in [0.2, 0.25) is 0 Å². The minimum Gasteiger partial charge on any atom is -0.377 e. The number of aryl methyl sites for hydroxylation is 2. The highest BCUT2D eigenvalue weighted by Gasteiger charge is 1.99. The van der Waals surface area contributed by atoms with Gasteiger partial charge >= 0.3 is 0 Å². The maximum absolute atomic E-state index is 5.96. The first-order valence-electron chi connectivity index (χ1n) is 7.88. The number of halogens is 1. The van der Waals surface area contributed by atoms with Crippen molar-refractivity contribution < 1.29 is 4.74 Å². The third kappa shape index (κ3) is 6.49. The van der Waals surface area contributed by atoms with Gasteiger partial charge in [-0.1, -0.05) is 30.3 Å². The zero-order valence-electron chi connectivity index (χ0n) is 14.5. The van der Waals surface area contributed by atoms with Crippen molar-refractivity contribution in [1.29, 1.82) is 0 Å². The zero-order chi connectivity index (χ0) is 16.7. The molecule has 0 radical (unpaired) electrons. The molecule has 2 aromatic rings. The number of nitrogens with zero attached hydrogens (tertiary/aromatic N) is 1. The molecule has 0 bridgehead atoms. The number of rotatable bonds is 6. The van der Waals surface area contributed by atoms with Gasteiger partial charge in [0.25, 0.3) is 0 Å². The van der Waals surface area contributed by atoms with Crippen LogP contribution in [0.5, 0.6) is 0 Å². The summed E-state index contributed by atoms with van der Waals surface area (Å²) >= 11 is 0. The van der Waals surface area contributed by atoms with E-state index in [0.29, 0.717) is 19.1 Å². The summed E-state index contributed by atoms with van der Waals surface area (Å²) in [5.41, 5.74) is 11.7. The molecule has 3 N–H and O–H groups in total. The summed E-state index contributed by atoms with van der Waals surface area (Å²) in [4.78, 5) is 4.39. The largest absolute Gasteiger partial charge is 0.377 e. The predicted molar refractivity (Wildman–Crippen MR) is 112 cm³/mol. The van der Waals surface area contributed by atoms with Crippen molar-refractivity contribution in [3.63, 3.8) is 0 Å². The Balaban J connectivity index is 0.00000288. The Morgan fingerprint density at radius 2 is 1.71 bits per heavy atom. The molecule has 5 heteroatoms. The van der Waals surface area contributed by atoms with Gasteiger partial charge in [0.1, 0.15) is 0 Å². The summed E-state index contributed by atoms with van der Waals surface area (Å²) in [5.74, 6) is 0.423. The average molecular weight is 439 g/mol. The van der Waals surface area contributed by atoms with E-state index < -0.39 is 0 Å². The molecule has 0 saturated heterocycles. The Labute approximate surface area is 161 Å². The minimum atomic E-state index is 0. The molecule has 0 aliphatic carbocycles. The van der Waals surface area contributed by atoms with Crippen LogP contribution in [0.3, 0.4) is 0 Å². The highest BCUT2D eigenvalue weighted by atomic mass is 127. The number of hydrogen-bond acceptors (Lipinski definition) is 2.